The SMILES string of the molecule is CCOC(=O)c1c(NC(=O)c2ccc(Cl)cc2Cl)sc(C(=O)NCCc2ccccc2)c1C. The lowest BCUT2D eigenvalue weighted by Gasteiger charge is -2.08. The summed E-state index contributed by atoms with van der Waals surface area (Å²) in [5.41, 5.74) is 1.87. The number of amides is 2. The second-order valence-corrected chi connectivity index (χ2v) is 8.91. The molecule has 0 radical (unpaired) electrons. The van der Waals surface area contributed by atoms with Crippen LogP contribution in [0.2, 0.25) is 10.0 Å². The molecule has 0 aliphatic heterocycles. The van der Waals surface area contributed by atoms with E-state index in [4.69, 9.17) is 27.9 Å². The molecule has 3 rings (SSSR count). The zero-order chi connectivity index (χ0) is 24.0. The van der Waals surface area contributed by atoms with E-state index in [9.17, 15) is 14.4 Å². The molecular formula is C24H22Cl2N2O4S. The Balaban J connectivity index is 1.83. The predicted octanol–water partition coefficient (Wildman–Crippen LogP) is 5.76. The molecule has 0 spiro atoms. The highest BCUT2D eigenvalue weighted by atomic mass is 35.5. The number of benzene rings is 2. The van der Waals surface area contributed by atoms with Crippen molar-refractivity contribution in [2.75, 3.05) is 18.5 Å². The molecule has 0 atom stereocenters. The fourth-order valence-electron chi connectivity index (χ4n) is 3.16. The molecule has 33 heavy (non-hydrogen) atoms. The van der Waals surface area contributed by atoms with Crippen molar-refractivity contribution in [1.29, 1.82) is 0 Å². The van der Waals surface area contributed by atoms with Crippen molar-refractivity contribution in [3.8, 4) is 0 Å². The molecule has 0 saturated carbocycles. The lowest BCUT2D eigenvalue weighted by molar-refractivity contribution is 0.0527. The molecular weight excluding hydrogens is 483 g/mol. The number of thiophene rings is 1. The number of hydrogen-bond donors (Lipinski definition) is 2. The van der Waals surface area contributed by atoms with Gasteiger partial charge in [-0.2, -0.15) is 0 Å². The van der Waals surface area contributed by atoms with Crippen LogP contribution in [0.3, 0.4) is 0 Å². The topological polar surface area (TPSA) is 84.5 Å². The van der Waals surface area contributed by atoms with Gasteiger partial charge in [0.1, 0.15) is 5.00 Å². The van der Waals surface area contributed by atoms with Crippen molar-refractivity contribution in [1.82, 2.24) is 5.32 Å². The molecule has 0 fully saturated rings. The Bertz CT molecular complexity index is 1180. The molecule has 2 N–H and O–H groups in total. The van der Waals surface area contributed by atoms with E-state index in [1.807, 2.05) is 30.3 Å². The van der Waals surface area contributed by atoms with Crippen LogP contribution in [0.5, 0.6) is 0 Å². The summed E-state index contributed by atoms with van der Waals surface area (Å²) in [5.74, 6) is -1.48. The number of nitrogens with one attached hydrogen (secondary N) is 2. The summed E-state index contributed by atoms with van der Waals surface area (Å²) in [4.78, 5) is 38.6. The van der Waals surface area contributed by atoms with Crippen LogP contribution in [0, 0.1) is 6.92 Å². The first kappa shape index (κ1) is 24.8. The minimum atomic E-state index is -0.618. The zero-order valence-electron chi connectivity index (χ0n) is 18.0. The average molecular weight is 505 g/mol. The largest absolute Gasteiger partial charge is 0.462 e. The number of esters is 1. The highest BCUT2D eigenvalue weighted by molar-refractivity contribution is 7.18. The molecule has 0 bridgehead atoms. The van der Waals surface area contributed by atoms with E-state index in [2.05, 4.69) is 10.6 Å². The molecule has 0 aliphatic rings. The summed E-state index contributed by atoms with van der Waals surface area (Å²) in [5, 5.41) is 6.35. The van der Waals surface area contributed by atoms with Gasteiger partial charge in [0.15, 0.2) is 0 Å². The third-order valence-corrected chi connectivity index (χ3v) is 6.53. The molecule has 172 valence electrons. The Labute approximate surface area is 205 Å². The van der Waals surface area contributed by atoms with Gasteiger partial charge < -0.3 is 15.4 Å². The average Bonchev–Trinajstić information content (AvgIpc) is 3.10. The lowest BCUT2D eigenvalue weighted by atomic mass is 10.1. The smallest absolute Gasteiger partial charge is 0.341 e. The van der Waals surface area contributed by atoms with E-state index >= 15 is 0 Å². The number of hydrogen-bond acceptors (Lipinski definition) is 5. The number of halogens is 2. The summed E-state index contributed by atoms with van der Waals surface area (Å²) >= 11 is 13.1. The van der Waals surface area contributed by atoms with Crippen LogP contribution in [0.15, 0.2) is 48.5 Å². The van der Waals surface area contributed by atoms with E-state index in [0.29, 0.717) is 28.4 Å². The number of ether oxygens (including phenoxy) is 1. The van der Waals surface area contributed by atoms with Crippen molar-refractivity contribution in [2.24, 2.45) is 0 Å². The Morgan fingerprint density at radius 1 is 1.03 bits per heavy atom. The van der Waals surface area contributed by atoms with Crippen LogP contribution in [-0.4, -0.2) is 30.9 Å². The number of carbonyl (C=O) groups excluding carboxylic acids is 3. The molecule has 1 aromatic heterocycles. The van der Waals surface area contributed by atoms with Gasteiger partial charge in [-0.25, -0.2) is 4.79 Å². The standard InChI is InChI=1S/C24H22Cl2N2O4S/c1-3-32-24(31)19-14(2)20(22(30)27-12-11-15-7-5-4-6-8-15)33-23(19)28-21(29)17-10-9-16(25)13-18(17)26/h4-10,13H,3,11-12H2,1-2H3,(H,27,30)(H,28,29). The van der Waals surface area contributed by atoms with Crippen molar-refractivity contribution in [3.05, 3.63) is 85.7 Å². The maximum Gasteiger partial charge on any atom is 0.341 e. The third kappa shape index (κ3) is 6.13. The van der Waals surface area contributed by atoms with Gasteiger partial charge >= 0.3 is 5.97 Å². The highest BCUT2D eigenvalue weighted by Gasteiger charge is 2.27. The first-order chi connectivity index (χ1) is 15.8. The Kier molecular flexibility index (Phi) is 8.49. The molecule has 3 aromatic rings. The van der Waals surface area contributed by atoms with Crippen LogP contribution in [0.25, 0.3) is 0 Å². The Hall–Kier alpha value is -2.87. The van der Waals surface area contributed by atoms with Gasteiger partial charge in [0.05, 0.1) is 27.6 Å². The maximum absolute atomic E-state index is 12.8. The van der Waals surface area contributed by atoms with Crippen molar-refractivity contribution in [2.45, 2.75) is 20.3 Å². The number of rotatable bonds is 8. The summed E-state index contributed by atoms with van der Waals surface area (Å²) in [6, 6.07) is 14.3. The monoisotopic (exact) mass is 504 g/mol. The van der Waals surface area contributed by atoms with Crippen molar-refractivity contribution in [3.63, 3.8) is 0 Å². The maximum atomic E-state index is 12.8. The lowest BCUT2D eigenvalue weighted by Crippen LogP contribution is -2.25. The molecule has 0 unspecified atom stereocenters. The van der Waals surface area contributed by atoms with E-state index in [1.165, 1.54) is 12.1 Å². The second-order valence-electron chi connectivity index (χ2n) is 7.05. The summed E-state index contributed by atoms with van der Waals surface area (Å²) in [6.07, 6.45) is 0.667. The van der Waals surface area contributed by atoms with Crippen molar-refractivity contribution >= 4 is 57.3 Å². The fourth-order valence-corrected chi connectivity index (χ4v) is 4.76. The second kappa shape index (κ2) is 11.3. The van der Waals surface area contributed by atoms with Crippen LogP contribution < -0.4 is 10.6 Å². The number of carbonyl (C=O) groups is 3. The molecule has 1 heterocycles. The van der Waals surface area contributed by atoms with E-state index in [1.54, 1.807) is 19.9 Å². The Morgan fingerprint density at radius 2 is 1.76 bits per heavy atom. The number of anilines is 1. The van der Waals surface area contributed by atoms with Crippen molar-refractivity contribution < 1.29 is 19.1 Å². The van der Waals surface area contributed by atoms with Gasteiger partial charge in [0.25, 0.3) is 11.8 Å². The summed E-state index contributed by atoms with van der Waals surface area (Å²) in [6.45, 7) is 3.92. The normalized spacial score (nSPS) is 10.5. The van der Waals surface area contributed by atoms with E-state index in [0.717, 1.165) is 16.9 Å². The predicted molar refractivity (Wildman–Crippen MR) is 132 cm³/mol. The summed E-state index contributed by atoms with van der Waals surface area (Å²) < 4.78 is 5.15. The van der Waals surface area contributed by atoms with Gasteiger partial charge in [-0.3, -0.25) is 9.59 Å². The van der Waals surface area contributed by atoms with Gasteiger partial charge in [0.2, 0.25) is 0 Å². The molecule has 0 saturated heterocycles. The fraction of sp³-hybridized carbons (Fsp3) is 0.208. The third-order valence-electron chi connectivity index (χ3n) is 4.78. The Morgan fingerprint density at radius 3 is 2.42 bits per heavy atom. The molecule has 2 aromatic carbocycles. The van der Waals surface area contributed by atoms with Gasteiger partial charge in [-0.05, 0) is 49.6 Å². The quantitative estimate of drug-likeness (QED) is 0.381. The zero-order valence-corrected chi connectivity index (χ0v) is 20.4. The van der Waals surface area contributed by atoms with Gasteiger partial charge in [-0.1, -0.05) is 53.5 Å². The molecule has 0 aliphatic carbocycles. The summed E-state index contributed by atoms with van der Waals surface area (Å²) in [7, 11) is 0. The highest BCUT2D eigenvalue weighted by Crippen LogP contribution is 2.34. The van der Waals surface area contributed by atoms with E-state index in [-0.39, 0.29) is 33.7 Å². The minimum Gasteiger partial charge on any atom is -0.462 e. The van der Waals surface area contributed by atoms with Gasteiger partial charge in [-0.15, -0.1) is 11.3 Å². The van der Waals surface area contributed by atoms with Crippen LogP contribution in [0.1, 0.15) is 48.4 Å². The molecule has 2 amide bonds. The van der Waals surface area contributed by atoms with E-state index < -0.39 is 11.9 Å². The van der Waals surface area contributed by atoms with Gasteiger partial charge in [0, 0.05) is 11.6 Å². The van der Waals surface area contributed by atoms with Crippen LogP contribution in [0.4, 0.5) is 5.00 Å². The first-order valence-corrected chi connectivity index (χ1v) is 11.8. The first-order valence-electron chi connectivity index (χ1n) is 10.2. The van der Waals surface area contributed by atoms with Crippen LogP contribution >= 0.6 is 34.5 Å². The van der Waals surface area contributed by atoms with Crippen LogP contribution in [-0.2, 0) is 11.2 Å². The molecule has 9 heteroatoms. The minimum absolute atomic E-state index is 0.147. The molecule has 6 nitrogen and oxygen atoms in total.